The van der Waals surface area contributed by atoms with Gasteiger partial charge in [0, 0.05) is 36.6 Å². The molecule has 2 heterocycles. The van der Waals surface area contributed by atoms with Gasteiger partial charge in [-0.1, -0.05) is 19.9 Å². The van der Waals surface area contributed by atoms with Crippen molar-refractivity contribution in [3.8, 4) is 0 Å². The first kappa shape index (κ1) is 15.0. The molecule has 1 aromatic heterocycles. The Bertz CT molecular complexity index is 365. The zero-order valence-electron chi connectivity index (χ0n) is 12.4. The fraction of sp³-hybridized carbons (Fsp3) is 0.733. The Morgan fingerprint density at radius 3 is 2.74 bits per heavy atom. The fourth-order valence-electron chi connectivity index (χ4n) is 3.09. The Morgan fingerprint density at radius 1 is 1.42 bits per heavy atom. The molecular formula is C15H27N3S. The maximum absolute atomic E-state index is 6.40. The standard InChI is InChI=1S/C15H27N3S/c1-4-13(16)15(14-7-6-10-19-14)18-9-8-17(5-2)12(3)11-18/h6-7,10,12-13,15H,4-5,8-9,11,16H2,1-3H3. The summed E-state index contributed by atoms with van der Waals surface area (Å²) in [7, 11) is 0. The van der Waals surface area contributed by atoms with Crippen LogP contribution in [0, 0.1) is 0 Å². The molecule has 1 aliphatic rings. The van der Waals surface area contributed by atoms with Gasteiger partial charge in [0.1, 0.15) is 0 Å². The molecule has 0 amide bonds. The van der Waals surface area contributed by atoms with Crippen molar-refractivity contribution < 1.29 is 0 Å². The number of nitrogens with zero attached hydrogens (tertiary/aromatic N) is 2. The first-order valence-corrected chi connectivity index (χ1v) is 8.32. The van der Waals surface area contributed by atoms with Gasteiger partial charge in [0.05, 0.1) is 6.04 Å². The average Bonchev–Trinajstić information content (AvgIpc) is 2.93. The molecule has 0 radical (unpaired) electrons. The molecule has 1 aromatic rings. The molecular weight excluding hydrogens is 254 g/mol. The van der Waals surface area contributed by atoms with Crippen LogP contribution in [0.4, 0.5) is 0 Å². The van der Waals surface area contributed by atoms with Crippen molar-refractivity contribution in [2.24, 2.45) is 5.73 Å². The summed E-state index contributed by atoms with van der Waals surface area (Å²) in [6.07, 6.45) is 1.03. The number of hydrogen-bond acceptors (Lipinski definition) is 4. The van der Waals surface area contributed by atoms with Gasteiger partial charge < -0.3 is 5.73 Å². The second kappa shape index (κ2) is 6.84. The molecule has 4 heteroatoms. The quantitative estimate of drug-likeness (QED) is 0.900. The van der Waals surface area contributed by atoms with Gasteiger partial charge in [-0.05, 0) is 31.3 Å². The predicted octanol–water partition coefficient (Wildman–Crippen LogP) is 2.55. The molecule has 0 aromatic carbocycles. The van der Waals surface area contributed by atoms with Crippen molar-refractivity contribution in [2.75, 3.05) is 26.2 Å². The molecule has 19 heavy (non-hydrogen) atoms. The van der Waals surface area contributed by atoms with Crippen LogP contribution < -0.4 is 5.73 Å². The van der Waals surface area contributed by atoms with Crippen molar-refractivity contribution in [1.82, 2.24) is 9.80 Å². The van der Waals surface area contributed by atoms with Crippen molar-refractivity contribution in [3.05, 3.63) is 22.4 Å². The molecule has 1 fully saturated rings. The van der Waals surface area contributed by atoms with E-state index in [2.05, 4.69) is 48.1 Å². The summed E-state index contributed by atoms with van der Waals surface area (Å²) < 4.78 is 0. The average molecular weight is 281 g/mol. The van der Waals surface area contributed by atoms with E-state index in [-0.39, 0.29) is 6.04 Å². The van der Waals surface area contributed by atoms with E-state index in [1.165, 1.54) is 4.88 Å². The van der Waals surface area contributed by atoms with E-state index in [0.29, 0.717) is 12.1 Å². The molecule has 1 saturated heterocycles. The van der Waals surface area contributed by atoms with Crippen LogP contribution in [0.3, 0.4) is 0 Å². The van der Waals surface area contributed by atoms with E-state index < -0.39 is 0 Å². The van der Waals surface area contributed by atoms with Gasteiger partial charge in [-0.15, -0.1) is 11.3 Å². The largest absolute Gasteiger partial charge is 0.326 e. The second-order valence-corrected chi connectivity index (χ2v) is 6.48. The molecule has 0 bridgehead atoms. The summed E-state index contributed by atoms with van der Waals surface area (Å²) in [5, 5.41) is 2.16. The zero-order valence-corrected chi connectivity index (χ0v) is 13.2. The number of nitrogens with two attached hydrogens (primary N) is 1. The van der Waals surface area contributed by atoms with Crippen LogP contribution in [-0.2, 0) is 0 Å². The fourth-order valence-corrected chi connectivity index (χ4v) is 4.03. The summed E-state index contributed by atoms with van der Waals surface area (Å²) in [5.41, 5.74) is 6.40. The molecule has 0 aliphatic carbocycles. The molecule has 108 valence electrons. The van der Waals surface area contributed by atoms with Crippen LogP contribution >= 0.6 is 11.3 Å². The number of thiophene rings is 1. The molecule has 3 unspecified atom stereocenters. The lowest BCUT2D eigenvalue weighted by molar-refractivity contribution is 0.0504. The summed E-state index contributed by atoms with van der Waals surface area (Å²) in [6, 6.07) is 5.64. The summed E-state index contributed by atoms with van der Waals surface area (Å²) in [6.45, 7) is 11.4. The minimum atomic E-state index is 0.235. The van der Waals surface area contributed by atoms with E-state index in [4.69, 9.17) is 5.73 Å². The van der Waals surface area contributed by atoms with Crippen molar-refractivity contribution in [1.29, 1.82) is 0 Å². The smallest absolute Gasteiger partial charge is 0.0594 e. The van der Waals surface area contributed by atoms with Gasteiger partial charge >= 0.3 is 0 Å². The van der Waals surface area contributed by atoms with Crippen LogP contribution in [0.2, 0.25) is 0 Å². The van der Waals surface area contributed by atoms with Crippen molar-refractivity contribution in [3.63, 3.8) is 0 Å². The monoisotopic (exact) mass is 281 g/mol. The number of likely N-dealkylation sites (N-methyl/N-ethyl adjacent to an activating group) is 1. The first-order valence-electron chi connectivity index (χ1n) is 7.44. The number of hydrogen-bond donors (Lipinski definition) is 1. The van der Waals surface area contributed by atoms with E-state index >= 15 is 0 Å². The van der Waals surface area contributed by atoms with Crippen LogP contribution in [0.5, 0.6) is 0 Å². The molecule has 3 nitrogen and oxygen atoms in total. The van der Waals surface area contributed by atoms with Gasteiger partial charge in [-0.2, -0.15) is 0 Å². The summed E-state index contributed by atoms with van der Waals surface area (Å²) >= 11 is 1.84. The zero-order chi connectivity index (χ0) is 13.8. The minimum absolute atomic E-state index is 0.235. The number of rotatable bonds is 5. The normalized spacial score (nSPS) is 25.4. The SMILES string of the molecule is CCC(N)C(c1cccs1)N1CCN(CC)C(C)C1. The topological polar surface area (TPSA) is 32.5 Å². The van der Waals surface area contributed by atoms with E-state index in [1.807, 2.05) is 11.3 Å². The first-order chi connectivity index (χ1) is 9.17. The van der Waals surface area contributed by atoms with Gasteiger partial charge in [0.25, 0.3) is 0 Å². The Balaban J connectivity index is 2.12. The van der Waals surface area contributed by atoms with Gasteiger partial charge in [-0.25, -0.2) is 0 Å². The van der Waals surface area contributed by atoms with Crippen LogP contribution in [0.1, 0.15) is 38.1 Å². The minimum Gasteiger partial charge on any atom is -0.326 e. The van der Waals surface area contributed by atoms with Gasteiger partial charge in [-0.3, -0.25) is 9.80 Å². The highest BCUT2D eigenvalue weighted by Crippen LogP contribution is 2.30. The lowest BCUT2D eigenvalue weighted by Crippen LogP contribution is -2.55. The van der Waals surface area contributed by atoms with Crippen molar-refractivity contribution in [2.45, 2.75) is 45.3 Å². The van der Waals surface area contributed by atoms with E-state index in [0.717, 1.165) is 32.6 Å². The van der Waals surface area contributed by atoms with Gasteiger partial charge in [0.15, 0.2) is 0 Å². The molecule has 3 atom stereocenters. The van der Waals surface area contributed by atoms with Crippen LogP contribution in [0.15, 0.2) is 17.5 Å². The highest BCUT2D eigenvalue weighted by Gasteiger charge is 2.31. The van der Waals surface area contributed by atoms with E-state index in [1.54, 1.807) is 0 Å². The van der Waals surface area contributed by atoms with E-state index in [9.17, 15) is 0 Å². The Labute approximate surface area is 121 Å². The maximum Gasteiger partial charge on any atom is 0.0594 e. The Morgan fingerprint density at radius 2 is 2.21 bits per heavy atom. The number of piperazine rings is 1. The lowest BCUT2D eigenvalue weighted by atomic mass is 10.0. The summed E-state index contributed by atoms with van der Waals surface area (Å²) in [4.78, 5) is 6.57. The molecule has 2 rings (SSSR count). The van der Waals surface area contributed by atoms with Gasteiger partial charge in [0.2, 0.25) is 0 Å². The summed E-state index contributed by atoms with van der Waals surface area (Å²) in [5.74, 6) is 0. The molecule has 0 saturated carbocycles. The maximum atomic E-state index is 6.40. The Hall–Kier alpha value is -0.420. The molecule has 2 N–H and O–H groups in total. The highest BCUT2D eigenvalue weighted by molar-refractivity contribution is 7.10. The van der Waals surface area contributed by atoms with Crippen molar-refractivity contribution >= 4 is 11.3 Å². The highest BCUT2D eigenvalue weighted by atomic mass is 32.1. The third-order valence-electron chi connectivity index (χ3n) is 4.31. The molecule has 1 aliphatic heterocycles. The predicted molar refractivity (Wildman–Crippen MR) is 83.6 cm³/mol. The second-order valence-electron chi connectivity index (χ2n) is 5.50. The third kappa shape index (κ3) is 3.37. The van der Waals surface area contributed by atoms with Crippen LogP contribution in [0.25, 0.3) is 0 Å². The third-order valence-corrected chi connectivity index (χ3v) is 5.25. The Kier molecular flexibility index (Phi) is 5.39. The lowest BCUT2D eigenvalue weighted by Gasteiger charge is -2.44. The van der Waals surface area contributed by atoms with Crippen LogP contribution in [-0.4, -0.2) is 48.1 Å². The molecule has 0 spiro atoms.